The summed E-state index contributed by atoms with van der Waals surface area (Å²) in [7, 11) is 0. The number of unbranched alkanes of at least 4 members (excludes halogenated alkanes) is 1. The average Bonchev–Trinajstić information content (AvgIpc) is 3.24. The first-order chi connectivity index (χ1) is 9.20. The number of nitrogens with zero attached hydrogens (tertiary/aromatic N) is 1. The second-order valence-corrected chi connectivity index (χ2v) is 5.48. The van der Waals surface area contributed by atoms with Gasteiger partial charge in [-0.25, -0.2) is 4.39 Å². The number of aliphatic hydroxyl groups is 1. The lowest BCUT2D eigenvalue weighted by molar-refractivity contribution is 0.138. The Hall–Kier alpha value is -0.930. The number of benzene rings is 1. The first-order valence-electron chi connectivity index (χ1n) is 7.38. The lowest BCUT2D eigenvalue weighted by Gasteiger charge is -2.23. The molecule has 0 saturated heterocycles. The smallest absolute Gasteiger partial charge is 0.123 e. The Kier molecular flexibility index (Phi) is 5.34. The van der Waals surface area contributed by atoms with Crippen molar-refractivity contribution in [1.82, 2.24) is 4.90 Å². The van der Waals surface area contributed by atoms with E-state index in [1.807, 2.05) is 0 Å². The van der Waals surface area contributed by atoms with E-state index in [2.05, 4.69) is 11.8 Å². The van der Waals surface area contributed by atoms with Gasteiger partial charge in [0.25, 0.3) is 0 Å². The SMILES string of the molecule is CCCCN(CCC(O)c1ccc(F)cc1)C1CC1. The quantitative estimate of drug-likeness (QED) is 0.777. The molecule has 1 aliphatic rings. The third-order valence-electron chi connectivity index (χ3n) is 3.81. The molecule has 0 bridgehead atoms. The molecule has 1 fully saturated rings. The molecule has 3 heteroatoms. The molecule has 1 aromatic rings. The molecule has 0 aromatic heterocycles. The van der Waals surface area contributed by atoms with Crippen LogP contribution in [-0.2, 0) is 0 Å². The minimum atomic E-state index is -0.483. The maximum atomic E-state index is 12.8. The van der Waals surface area contributed by atoms with Crippen molar-refractivity contribution in [1.29, 1.82) is 0 Å². The molecule has 1 atom stereocenters. The molecule has 1 aromatic carbocycles. The summed E-state index contributed by atoms with van der Waals surface area (Å²) in [5.41, 5.74) is 0.813. The summed E-state index contributed by atoms with van der Waals surface area (Å²) < 4.78 is 12.8. The van der Waals surface area contributed by atoms with Crippen LogP contribution in [0.5, 0.6) is 0 Å². The van der Waals surface area contributed by atoms with Gasteiger partial charge in [-0.15, -0.1) is 0 Å². The zero-order chi connectivity index (χ0) is 13.7. The lowest BCUT2D eigenvalue weighted by atomic mass is 10.1. The Morgan fingerprint density at radius 3 is 2.53 bits per heavy atom. The molecule has 19 heavy (non-hydrogen) atoms. The van der Waals surface area contributed by atoms with E-state index in [0.717, 1.165) is 31.1 Å². The van der Waals surface area contributed by atoms with Crippen molar-refractivity contribution in [3.8, 4) is 0 Å². The fraction of sp³-hybridized carbons (Fsp3) is 0.625. The Morgan fingerprint density at radius 1 is 1.26 bits per heavy atom. The van der Waals surface area contributed by atoms with E-state index in [1.54, 1.807) is 12.1 Å². The summed E-state index contributed by atoms with van der Waals surface area (Å²) in [6, 6.07) is 6.91. The van der Waals surface area contributed by atoms with Gasteiger partial charge in [-0.3, -0.25) is 0 Å². The third-order valence-corrected chi connectivity index (χ3v) is 3.81. The molecule has 0 aliphatic heterocycles. The van der Waals surface area contributed by atoms with Crippen LogP contribution in [-0.4, -0.2) is 29.1 Å². The summed E-state index contributed by atoms with van der Waals surface area (Å²) in [4.78, 5) is 2.50. The van der Waals surface area contributed by atoms with E-state index in [4.69, 9.17) is 0 Å². The van der Waals surface area contributed by atoms with Crippen molar-refractivity contribution < 1.29 is 9.50 Å². The van der Waals surface area contributed by atoms with E-state index in [9.17, 15) is 9.50 Å². The van der Waals surface area contributed by atoms with Gasteiger partial charge in [0.15, 0.2) is 0 Å². The predicted octanol–water partition coefficient (Wildman–Crippen LogP) is 3.51. The number of halogens is 1. The van der Waals surface area contributed by atoms with Gasteiger partial charge >= 0.3 is 0 Å². The van der Waals surface area contributed by atoms with E-state index in [1.165, 1.54) is 37.8 Å². The summed E-state index contributed by atoms with van der Waals surface area (Å²) in [6.07, 6.45) is 5.29. The second kappa shape index (κ2) is 7.01. The molecule has 1 N–H and O–H groups in total. The summed E-state index contributed by atoms with van der Waals surface area (Å²) in [5.74, 6) is -0.251. The minimum absolute atomic E-state index is 0.251. The van der Waals surface area contributed by atoms with Gasteiger partial charge in [0.05, 0.1) is 6.10 Å². The molecular formula is C16H24FNO. The van der Waals surface area contributed by atoms with Gasteiger partial charge in [0.2, 0.25) is 0 Å². The van der Waals surface area contributed by atoms with Crippen LogP contribution in [0.15, 0.2) is 24.3 Å². The zero-order valence-electron chi connectivity index (χ0n) is 11.7. The van der Waals surface area contributed by atoms with Gasteiger partial charge in [0, 0.05) is 12.6 Å². The standard InChI is InChI=1S/C16H24FNO/c1-2-3-11-18(15-8-9-15)12-10-16(19)13-4-6-14(17)7-5-13/h4-7,15-16,19H,2-3,8-12H2,1H3. The third kappa shape index (κ3) is 4.59. The van der Waals surface area contributed by atoms with E-state index in [0.29, 0.717) is 0 Å². The van der Waals surface area contributed by atoms with Gasteiger partial charge in [-0.05, 0) is 49.9 Å². The van der Waals surface area contributed by atoms with Gasteiger partial charge < -0.3 is 10.0 Å². The topological polar surface area (TPSA) is 23.5 Å². The van der Waals surface area contributed by atoms with Crippen molar-refractivity contribution in [2.75, 3.05) is 13.1 Å². The highest BCUT2D eigenvalue weighted by atomic mass is 19.1. The Bertz CT molecular complexity index is 375. The van der Waals surface area contributed by atoms with E-state index < -0.39 is 6.10 Å². The monoisotopic (exact) mass is 265 g/mol. The highest BCUT2D eigenvalue weighted by Crippen LogP contribution is 2.28. The molecule has 0 spiro atoms. The molecule has 0 radical (unpaired) electrons. The zero-order valence-corrected chi connectivity index (χ0v) is 11.7. The van der Waals surface area contributed by atoms with Crippen LogP contribution in [0.1, 0.15) is 50.7 Å². The van der Waals surface area contributed by atoms with E-state index >= 15 is 0 Å². The first kappa shape index (κ1) is 14.5. The van der Waals surface area contributed by atoms with Crippen molar-refractivity contribution >= 4 is 0 Å². The normalized spacial score (nSPS) is 16.8. The molecule has 106 valence electrons. The van der Waals surface area contributed by atoms with Crippen LogP contribution in [0.2, 0.25) is 0 Å². The van der Waals surface area contributed by atoms with Crippen LogP contribution >= 0.6 is 0 Å². The molecule has 1 aliphatic carbocycles. The van der Waals surface area contributed by atoms with Crippen molar-refractivity contribution in [3.63, 3.8) is 0 Å². The Morgan fingerprint density at radius 2 is 1.95 bits per heavy atom. The van der Waals surface area contributed by atoms with Crippen LogP contribution in [0, 0.1) is 5.82 Å². The maximum absolute atomic E-state index is 12.8. The molecule has 0 amide bonds. The highest BCUT2D eigenvalue weighted by molar-refractivity contribution is 5.18. The van der Waals surface area contributed by atoms with Crippen LogP contribution in [0.3, 0.4) is 0 Å². The van der Waals surface area contributed by atoms with Crippen molar-refractivity contribution in [2.24, 2.45) is 0 Å². The number of hydrogen-bond acceptors (Lipinski definition) is 2. The summed E-state index contributed by atoms with van der Waals surface area (Å²) in [6.45, 7) is 4.28. The second-order valence-electron chi connectivity index (χ2n) is 5.48. The number of rotatable bonds is 8. The molecule has 1 saturated carbocycles. The minimum Gasteiger partial charge on any atom is -0.388 e. The summed E-state index contributed by atoms with van der Waals surface area (Å²) >= 11 is 0. The van der Waals surface area contributed by atoms with E-state index in [-0.39, 0.29) is 5.82 Å². The predicted molar refractivity (Wildman–Crippen MR) is 75.5 cm³/mol. The van der Waals surface area contributed by atoms with Gasteiger partial charge in [-0.1, -0.05) is 25.5 Å². The van der Waals surface area contributed by atoms with Crippen LogP contribution in [0.25, 0.3) is 0 Å². The van der Waals surface area contributed by atoms with Crippen LogP contribution in [0.4, 0.5) is 4.39 Å². The Labute approximate surface area is 115 Å². The lowest BCUT2D eigenvalue weighted by Crippen LogP contribution is -2.29. The number of aliphatic hydroxyl groups excluding tert-OH is 1. The van der Waals surface area contributed by atoms with Crippen LogP contribution < -0.4 is 0 Å². The van der Waals surface area contributed by atoms with Crippen molar-refractivity contribution in [2.45, 2.75) is 51.2 Å². The molecule has 2 nitrogen and oxygen atoms in total. The van der Waals surface area contributed by atoms with Gasteiger partial charge in [-0.2, -0.15) is 0 Å². The molecule has 1 unspecified atom stereocenters. The Balaban J connectivity index is 1.80. The molecule has 2 rings (SSSR count). The van der Waals surface area contributed by atoms with Gasteiger partial charge in [0.1, 0.15) is 5.82 Å². The average molecular weight is 265 g/mol. The fourth-order valence-corrected chi connectivity index (χ4v) is 2.42. The molecular weight excluding hydrogens is 241 g/mol. The fourth-order valence-electron chi connectivity index (χ4n) is 2.42. The summed E-state index contributed by atoms with van der Waals surface area (Å²) in [5, 5.41) is 10.1. The maximum Gasteiger partial charge on any atom is 0.123 e. The highest BCUT2D eigenvalue weighted by Gasteiger charge is 2.28. The largest absolute Gasteiger partial charge is 0.388 e. The van der Waals surface area contributed by atoms with Crippen molar-refractivity contribution in [3.05, 3.63) is 35.6 Å². The number of hydrogen-bond donors (Lipinski definition) is 1. The molecule has 0 heterocycles. The first-order valence-corrected chi connectivity index (χ1v) is 7.38.